The minimum atomic E-state index is -0.834. The van der Waals surface area contributed by atoms with Gasteiger partial charge in [-0.25, -0.2) is 4.79 Å². The number of carboxylic acid groups (broad SMARTS) is 1. The van der Waals surface area contributed by atoms with Crippen LogP contribution in [0.1, 0.15) is 110 Å². The molecule has 8 nitrogen and oxygen atoms in total. The highest BCUT2D eigenvalue weighted by atomic mass is 16.5. The molecule has 0 rings (SSSR count). The fourth-order valence-corrected chi connectivity index (χ4v) is 3.14. The van der Waals surface area contributed by atoms with Gasteiger partial charge in [-0.1, -0.05) is 96.8 Å². The van der Waals surface area contributed by atoms with Crippen molar-refractivity contribution < 1.29 is 29.6 Å². The van der Waals surface area contributed by atoms with Crippen LogP contribution in [-0.4, -0.2) is 53.4 Å². The fourth-order valence-electron chi connectivity index (χ4n) is 3.14. The maximum absolute atomic E-state index is 10.3. The van der Waals surface area contributed by atoms with E-state index in [9.17, 15) is 9.59 Å². The SMILES string of the molecule is CCCCCCCCCCCCCCCCCC(=O)O.NC(=O)NC(CO)OCCO. The van der Waals surface area contributed by atoms with E-state index in [-0.39, 0.29) is 19.8 Å². The van der Waals surface area contributed by atoms with Gasteiger partial charge in [-0.05, 0) is 6.42 Å². The first kappa shape index (κ1) is 31.8. The lowest BCUT2D eigenvalue weighted by atomic mass is 10.0. The molecule has 0 saturated carbocycles. The Labute approximate surface area is 188 Å². The quantitative estimate of drug-likeness (QED) is 0.131. The Morgan fingerprint density at radius 3 is 1.55 bits per heavy atom. The Morgan fingerprint density at radius 2 is 1.23 bits per heavy atom. The number of hydrogen-bond acceptors (Lipinski definition) is 5. The minimum Gasteiger partial charge on any atom is -0.481 e. The van der Waals surface area contributed by atoms with Crippen molar-refractivity contribution in [3.63, 3.8) is 0 Å². The van der Waals surface area contributed by atoms with Crippen LogP contribution < -0.4 is 11.1 Å². The zero-order valence-electron chi connectivity index (χ0n) is 19.7. The van der Waals surface area contributed by atoms with Gasteiger partial charge in [-0.15, -0.1) is 0 Å². The molecule has 0 aromatic rings. The van der Waals surface area contributed by atoms with Gasteiger partial charge in [-0.3, -0.25) is 4.79 Å². The average molecular weight is 449 g/mol. The number of hydrogen-bond donors (Lipinski definition) is 5. The number of amides is 2. The van der Waals surface area contributed by atoms with E-state index in [1.165, 1.54) is 83.5 Å². The first-order valence-corrected chi connectivity index (χ1v) is 12.1. The fraction of sp³-hybridized carbons (Fsp3) is 0.913. The summed E-state index contributed by atoms with van der Waals surface area (Å²) in [4.78, 5) is 20.5. The molecule has 0 fully saturated rings. The molecule has 31 heavy (non-hydrogen) atoms. The molecule has 0 bridgehead atoms. The number of nitrogens with two attached hydrogens (primary N) is 1. The van der Waals surface area contributed by atoms with Crippen LogP contribution >= 0.6 is 0 Å². The van der Waals surface area contributed by atoms with E-state index in [4.69, 9.17) is 25.8 Å². The number of carboxylic acids is 1. The number of urea groups is 1. The monoisotopic (exact) mass is 448 g/mol. The number of aliphatic hydroxyl groups excluding tert-OH is 2. The highest BCUT2D eigenvalue weighted by Gasteiger charge is 2.07. The molecule has 2 amide bonds. The predicted molar refractivity (Wildman–Crippen MR) is 124 cm³/mol. The molecule has 6 N–H and O–H groups in total. The van der Waals surface area contributed by atoms with Crippen molar-refractivity contribution in [3.8, 4) is 0 Å². The number of carbonyl (C=O) groups excluding carboxylic acids is 1. The third-order valence-electron chi connectivity index (χ3n) is 4.87. The topological polar surface area (TPSA) is 142 Å². The number of ether oxygens (including phenoxy) is 1. The molecule has 0 aromatic heterocycles. The summed E-state index contributed by atoms with van der Waals surface area (Å²) >= 11 is 0. The zero-order valence-corrected chi connectivity index (χ0v) is 19.7. The number of rotatable bonds is 21. The summed E-state index contributed by atoms with van der Waals surface area (Å²) in [5, 5.41) is 27.5. The minimum absolute atomic E-state index is 0.0471. The second-order valence-electron chi connectivity index (χ2n) is 7.87. The van der Waals surface area contributed by atoms with Crippen LogP contribution in [0.5, 0.6) is 0 Å². The van der Waals surface area contributed by atoms with E-state index >= 15 is 0 Å². The van der Waals surface area contributed by atoms with Gasteiger partial charge in [0, 0.05) is 6.42 Å². The van der Waals surface area contributed by atoms with Gasteiger partial charge in [0.25, 0.3) is 0 Å². The number of primary amides is 1. The van der Waals surface area contributed by atoms with Crippen molar-refractivity contribution in [2.24, 2.45) is 5.73 Å². The Morgan fingerprint density at radius 1 is 0.806 bits per heavy atom. The van der Waals surface area contributed by atoms with E-state index < -0.39 is 18.2 Å². The molecule has 186 valence electrons. The molecule has 8 heteroatoms. The Balaban J connectivity index is 0. The summed E-state index contributed by atoms with van der Waals surface area (Å²) in [5.74, 6) is -0.653. The number of aliphatic hydroxyl groups is 2. The van der Waals surface area contributed by atoms with Crippen molar-refractivity contribution in [1.29, 1.82) is 0 Å². The summed E-state index contributed by atoms with van der Waals surface area (Å²) in [7, 11) is 0. The molecule has 1 unspecified atom stereocenters. The molecule has 0 radical (unpaired) electrons. The summed E-state index contributed by atoms with van der Waals surface area (Å²) in [5.41, 5.74) is 4.74. The van der Waals surface area contributed by atoms with Crippen molar-refractivity contribution in [2.45, 2.75) is 116 Å². The van der Waals surface area contributed by atoms with Gasteiger partial charge in [0.1, 0.15) is 0 Å². The molecule has 0 aliphatic heterocycles. The van der Waals surface area contributed by atoms with Crippen LogP contribution in [0.3, 0.4) is 0 Å². The predicted octanol–water partition coefficient (Wildman–Crippen LogP) is 4.31. The average Bonchev–Trinajstić information content (AvgIpc) is 2.74. The largest absolute Gasteiger partial charge is 0.481 e. The second-order valence-corrected chi connectivity index (χ2v) is 7.87. The standard InChI is InChI=1S/C18H36O2.C5H12N2O4/c1-2-3-4-5-6-7-8-9-10-11-12-13-14-15-16-17-18(19)20;6-5(10)7-4(3-9)11-2-1-8/h2-17H2,1H3,(H,19,20);4,8-9H,1-3H2,(H3,6,7,10). The number of carbonyl (C=O) groups is 2. The third-order valence-corrected chi connectivity index (χ3v) is 4.87. The van der Waals surface area contributed by atoms with Gasteiger partial charge < -0.3 is 31.1 Å². The lowest BCUT2D eigenvalue weighted by Crippen LogP contribution is -2.42. The normalized spacial score (nSPS) is 11.5. The van der Waals surface area contributed by atoms with Crippen LogP contribution in [-0.2, 0) is 9.53 Å². The maximum atomic E-state index is 10.3. The Hall–Kier alpha value is -1.38. The van der Waals surface area contributed by atoms with Crippen molar-refractivity contribution >= 4 is 12.0 Å². The number of aliphatic carboxylic acids is 1. The summed E-state index contributed by atoms with van der Waals surface area (Å²) < 4.78 is 4.74. The highest BCUT2D eigenvalue weighted by molar-refractivity contribution is 5.71. The van der Waals surface area contributed by atoms with E-state index in [1.54, 1.807) is 0 Å². The maximum Gasteiger partial charge on any atom is 0.314 e. The Bertz CT molecular complexity index is 396. The van der Waals surface area contributed by atoms with Gasteiger partial charge in [-0.2, -0.15) is 0 Å². The first-order chi connectivity index (χ1) is 15.0. The Kier molecular flexibility index (Phi) is 27.3. The lowest BCUT2D eigenvalue weighted by Gasteiger charge is -2.14. The third kappa shape index (κ3) is 30.9. The molecular formula is C23H48N2O6. The molecule has 0 spiro atoms. The highest BCUT2D eigenvalue weighted by Crippen LogP contribution is 2.13. The van der Waals surface area contributed by atoms with E-state index in [1.807, 2.05) is 0 Å². The van der Waals surface area contributed by atoms with Gasteiger partial charge in [0.15, 0.2) is 6.23 Å². The molecule has 0 aromatic carbocycles. The van der Waals surface area contributed by atoms with E-state index in [2.05, 4.69) is 12.2 Å². The number of nitrogens with one attached hydrogen (secondary N) is 1. The second kappa shape index (κ2) is 26.7. The van der Waals surface area contributed by atoms with Crippen LogP contribution in [0.25, 0.3) is 0 Å². The zero-order chi connectivity index (χ0) is 23.6. The summed E-state index contributed by atoms with van der Waals surface area (Å²) in [6.07, 6.45) is 19.4. The van der Waals surface area contributed by atoms with Gasteiger partial charge >= 0.3 is 12.0 Å². The molecule has 0 saturated heterocycles. The van der Waals surface area contributed by atoms with Crippen molar-refractivity contribution in [3.05, 3.63) is 0 Å². The molecular weight excluding hydrogens is 400 g/mol. The molecule has 0 heterocycles. The number of unbranched alkanes of at least 4 members (excludes halogenated alkanes) is 14. The van der Waals surface area contributed by atoms with Crippen LogP contribution in [0.15, 0.2) is 0 Å². The molecule has 1 atom stereocenters. The molecule has 0 aliphatic carbocycles. The van der Waals surface area contributed by atoms with Crippen molar-refractivity contribution in [1.82, 2.24) is 5.32 Å². The lowest BCUT2D eigenvalue weighted by molar-refractivity contribution is -0.137. The summed E-state index contributed by atoms with van der Waals surface area (Å²) in [6.45, 7) is 1.78. The van der Waals surface area contributed by atoms with E-state index in [0.29, 0.717) is 6.42 Å². The molecule has 0 aliphatic rings. The van der Waals surface area contributed by atoms with E-state index in [0.717, 1.165) is 12.8 Å². The first-order valence-electron chi connectivity index (χ1n) is 12.1. The van der Waals surface area contributed by atoms with Gasteiger partial charge in [0.05, 0.1) is 19.8 Å². The van der Waals surface area contributed by atoms with Gasteiger partial charge in [0.2, 0.25) is 0 Å². The van der Waals surface area contributed by atoms with Crippen LogP contribution in [0.4, 0.5) is 4.79 Å². The smallest absolute Gasteiger partial charge is 0.314 e. The van der Waals surface area contributed by atoms with Crippen LogP contribution in [0, 0.1) is 0 Å². The van der Waals surface area contributed by atoms with Crippen LogP contribution in [0.2, 0.25) is 0 Å². The van der Waals surface area contributed by atoms with Crippen molar-refractivity contribution in [2.75, 3.05) is 19.8 Å². The summed E-state index contributed by atoms with van der Waals surface area (Å²) in [6, 6.07) is -0.776.